The Kier molecular flexibility index (Phi) is 8.84. The van der Waals surface area contributed by atoms with Crippen LogP contribution in [0.1, 0.15) is 34.1 Å². The van der Waals surface area contributed by atoms with Crippen molar-refractivity contribution in [3.8, 4) is 0 Å². The lowest BCUT2D eigenvalue weighted by atomic mass is 9.99. The van der Waals surface area contributed by atoms with E-state index in [1.165, 1.54) is 18.9 Å². The number of amides is 1. The normalized spacial score (nSPS) is 14.0. The molecule has 1 unspecified atom stereocenters. The van der Waals surface area contributed by atoms with Crippen LogP contribution in [-0.2, 0) is 14.3 Å². The molecule has 6 heteroatoms. The number of methoxy groups -OCH3 is 1. The minimum absolute atomic E-state index is 0.0308. The van der Waals surface area contributed by atoms with Crippen molar-refractivity contribution in [1.29, 1.82) is 0 Å². The van der Waals surface area contributed by atoms with Gasteiger partial charge in [0.25, 0.3) is 0 Å². The van der Waals surface area contributed by atoms with Gasteiger partial charge in [-0.15, -0.1) is 0 Å². The summed E-state index contributed by atoms with van der Waals surface area (Å²) in [6, 6.07) is 0.162. The Morgan fingerprint density at radius 1 is 1.37 bits per heavy atom. The maximum absolute atomic E-state index is 11.7. The van der Waals surface area contributed by atoms with E-state index in [-0.39, 0.29) is 17.9 Å². The molecule has 0 rings (SSSR count). The van der Waals surface area contributed by atoms with Gasteiger partial charge in [0.2, 0.25) is 5.91 Å². The summed E-state index contributed by atoms with van der Waals surface area (Å²) in [4.78, 5) is 23.2. The van der Waals surface area contributed by atoms with E-state index in [2.05, 4.69) is 10.6 Å². The van der Waals surface area contributed by atoms with Crippen molar-refractivity contribution in [2.75, 3.05) is 25.2 Å². The van der Waals surface area contributed by atoms with Gasteiger partial charge in [-0.25, -0.2) is 0 Å². The lowest BCUT2D eigenvalue weighted by Gasteiger charge is -2.27. The van der Waals surface area contributed by atoms with E-state index in [4.69, 9.17) is 4.74 Å². The Bertz CT molecular complexity index is 298. The molecular weight excluding hydrogens is 264 g/mol. The van der Waals surface area contributed by atoms with Gasteiger partial charge >= 0.3 is 5.97 Å². The first-order chi connectivity index (χ1) is 8.85. The number of rotatable bonds is 9. The van der Waals surface area contributed by atoms with Crippen LogP contribution in [0.5, 0.6) is 0 Å². The molecule has 2 N–H and O–H groups in total. The van der Waals surface area contributed by atoms with Gasteiger partial charge in [-0.05, 0) is 39.5 Å². The van der Waals surface area contributed by atoms with Crippen LogP contribution in [-0.4, -0.2) is 48.6 Å². The smallest absolute Gasteiger partial charge is 0.325 e. The zero-order valence-corrected chi connectivity index (χ0v) is 13.4. The number of ether oxygens (including phenoxy) is 1. The van der Waals surface area contributed by atoms with Crippen LogP contribution < -0.4 is 10.6 Å². The lowest BCUT2D eigenvalue weighted by molar-refractivity contribution is -0.148. The molecule has 0 aromatic heterocycles. The average molecular weight is 290 g/mol. The summed E-state index contributed by atoms with van der Waals surface area (Å²) >= 11 is 1.52. The number of nitrogens with one attached hydrogen (secondary N) is 2. The van der Waals surface area contributed by atoms with Crippen LogP contribution in [0.2, 0.25) is 0 Å². The Labute approximate surface area is 120 Å². The highest BCUT2D eigenvalue weighted by Gasteiger charge is 2.32. The second-order valence-electron chi connectivity index (χ2n) is 4.88. The first-order valence-electron chi connectivity index (χ1n) is 6.56. The van der Waals surface area contributed by atoms with Crippen molar-refractivity contribution < 1.29 is 14.3 Å². The minimum atomic E-state index is -0.676. The van der Waals surface area contributed by atoms with Crippen molar-refractivity contribution in [3.63, 3.8) is 0 Å². The molecule has 0 radical (unpaired) electrons. The van der Waals surface area contributed by atoms with Crippen LogP contribution in [0.3, 0.4) is 0 Å². The van der Waals surface area contributed by atoms with Crippen molar-refractivity contribution in [3.05, 3.63) is 0 Å². The molecule has 0 aliphatic carbocycles. The monoisotopic (exact) mass is 290 g/mol. The van der Waals surface area contributed by atoms with E-state index in [1.807, 2.05) is 27.7 Å². The number of likely N-dealkylation sites (N-methyl/N-ethyl adjacent to an activating group) is 1. The number of carbonyl (C=O) groups is 2. The van der Waals surface area contributed by atoms with Crippen LogP contribution >= 0.6 is 11.8 Å². The van der Waals surface area contributed by atoms with Crippen LogP contribution in [0.25, 0.3) is 0 Å². The molecule has 0 fully saturated rings. The predicted molar refractivity (Wildman–Crippen MR) is 79.3 cm³/mol. The van der Waals surface area contributed by atoms with Gasteiger partial charge in [-0.3, -0.25) is 9.59 Å². The third kappa shape index (κ3) is 7.42. The fourth-order valence-corrected chi connectivity index (χ4v) is 2.65. The fourth-order valence-electron chi connectivity index (χ4n) is 1.68. The molecule has 1 amide bonds. The Hall–Kier alpha value is -0.750. The third-order valence-corrected chi connectivity index (χ3v) is 3.59. The summed E-state index contributed by atoms with van der Waals surface area (Å²) in [5.41, 5.74) is -0.676. The van der Waals surface area contributed by atoms with Crippen LogP contribution in [0, 0.1) is 0 Å². The van der Waals surface area contributed by atoms with E-state index in [9.17, 15) is 9.59 Å². The maximum atomic E-state index is 11.7. The zero-order chi connectivity index (χ0) is 14.9. The molecule has 1 atom stereocenters. The molecule has 19 heavy (non-hydrogen) atoms. The van der Waals surface area contributed by atoms with E-state index in [0.717, 1.165) is 5.75 Å². The highest BCUT2D eigenvalue weighted by atomic mass is 32.2. The van der Waals surface area contributed by atoms with Gasteiger partial charge in [0.15, 0.2) is 0 Å². The maximum Gasteiger partial charge on any atom is 0.325 e. The zero-order valence-electron chi connectivity index (χ0n) is 12.5. The standard InChI is InChI=1S/C13H26N2O3S/c1-6-14-13(4,12(17)18-5)7-8-19-9-11(16)15-10(2)3/h10,14H,6-9H2,1-5H3,(H,15,16). The van der Waals surface area contributed by atoms with E-state index >= 15 is 0 Å². The summed E-state index contributed by atoms with van der Waals surface area (Å²) < 4.78 is 4.81. The van der Waals surface area contributed by atoms with Crippen LogP contribution in [0.4, 0.5) is 0 Å². The van der Waals surface area contributed by atoms with E-state index < -0.39 is 5.54 Å². The minimum Gasteiger partial charge on any atom is -0.468 e. The van der Waals surface area contributed by atoms with Crippen LogP contribution in [0.15, 0.2) is 0 Å². The summed E-state index contributed by atoms with van der Waals surface area (Å²) in [6.07, 6.45) is 0.632. The second kappa shape index (κ2) is 9.20. The molecule has 0 aliphatic heterocycles. The first kappa shape index (κ1) is 18.2. The van der Waals surface area contributed by atoms with Gasteiger partial charge in [-0.2, -0.15) is 11.8 Å². The largest absolute Gasteiger partial charge is 0.468 e. The molecule has 0 bridgehead atoms. The van der Waals surface area contributed by atoms with Crippen molar-refractivity contribution in [2.24, 2.45) is 0 Å². The SMILES string of the molecule is CCNC(C)(CCSCC(=O)NC(C)C)C(=O)OC. The van der Waals surface area contributed by atoms with Gasteiger partial charge in [-0.1, -0.05) is 6.92 Å². The highest BCUT2D eigenvalue weighted by Crippen LogP contribution is 2.16. The summed E-state index contributed by atoms with van der Waals surface area (Å²) in [5.74, 6) is 0.913. The van der Waals surface area contributed by atoms with Crippen molar-refractivity contribution in [1.82, 2.24) is 10.6 Å². The van der Waals surface area contributed by atoms with Gasteiger partial charge in [0.05, 0.1) is 12.9 Å². The molecule has 0 saturated heterocycles. The second-order valence-corrected chi connectivity index (χ2v) is 5.98. The van der Waals surface area contributed by atoms with E-state index in [0.29, 0.717) is 18.7 Å². The summed E-state index contributed by atoms with van der Waals surface area (Å²) in [7, 11) is 1.39. The molecule has 0 aromatic rings. The van der Waals surface area contributed by atoms with Gasteiger partial charge < -0.3 is 15.4 Å². The topological polar surface area (TPSA) is 67.4 Å². The van der Waals surface area contributed by atoms with Gasteiger partial charge in [0, 0.05) is 6.04 Å². The molecular formula is C13H26N2O3S. The lowest BCUT2D eigenvalue weighted by Crippen LogP contribution is -2.50. The molecule has 0 spiro atoms. The van der Waals surface area contributed by atoms with Crippen molar-refractivity contribution in [2.45, 2.75) is 45.7 Å². The molecule has 0 saturated carbocycles. The quantitative estimate of drug-likeness (QED) is 0.493. The number of hydrogen-bond donors (Lipinski definition) is 2. The number of carbonyl (C=O) groups excluding carboxylic acids is 2. The number of esters is 1. The number of thioether (sulfide) groups is 1. The molecule has 112 valence electrons. The third-order valence-electron chi connectivity index (χ3n) is 2.63. The predicted octanol–water partition coefficient (Wildman–Crippen LogP) is 1.18. The summed E-state index contributed by atoms with van der Waals surface area (Å²) in [6.45, 7) is 8.34. The Balaban J connectivity index is 4.07. The van der Waals surface area contributed by atoms with Gasteiger partial charge in [0.1, 0.15) is 5.54 Å². The highest BCUT2D eigenvalue weighted by molar-refractivity contribution is 7.99. The Morgan fingerprint density at radius 2 is 2.00 bits per heavy atom. The summed E-state index contributed by atoms with van der Waals surface area (Å²) in [5, 5.41) is 5.97. The molecule has 0 aromatic carbocycles. The fraction of sp³-hybridized carbons (Fsp3) is 0.846. The average Bonchev–Trinajstić information content (AvgIpc) is 2.33. The Morgan fingerprint density at radius 3 is 2.47 bits per heavy atom. The first-order valence-corrected chi connectivity index (χ1v) is 7.71. The molecule has 0 heterocycles. The van der Waals surface area contributed by atoms with Crippen molar-refractivity contribution >= 4 is 23.6 Å². The number of hydrogen-bond acceptors (Lipinski definition) is 5. The van der Waals surface area contributed by atoms with E-state index in [1.54, 1.807) is 0 Å². The molecule has 5 nitrogen and oxygen atoms in total. The molecule has 0 aliphatic rings.